The Bertz CT molecular complexity index is 776. The lowest BCUT2D eigenvalue weighted by Gasteiger charge is -2.29. The van der Waals surface area contributed by atoms with Crippen LogP contribution in [0, 0.1) is 11.8 Å². The highest BCUT2D eigenvalue weighted by molar-refractivity contribution is 6.04. The van der Waals surface area contributed by atoms with Gasteiger partial charge in [0, 0.05) is 5.54 Å². The van der Waals surface area contributed by atoms with Gasteiger partial charge >= 0.3 is 0 Å². The molecule has 0 radical (unpaired) electrons. The van der Waals surface area contributed by atoms with Gasteiger partial charge in [0.05, 0.1) is 0 Å². The average Bonchev–Trinajstić information content (AvgIpc) is 2.59. The number of nitrogens with two attached hydrogens (primary N) is 1. The van der Waals surface area contributed by atoms with Crippen LogP contribution in [0.2, 0.25) is 0 Å². The first-order valence-electron chi connectivity index (χ1n) is 7.53. The highest BCUT2D eigenvalue weighted by Crippen LogP contribution is 2.51. The molecule has 1 unspecified atom stereocenters. The molecule has 1 aromatic rings. The minimum absolute atomic E-state index is 0.276. The number of hydroxylamine groups is 1. The number of hydrogen-bond acceptors (Lipinski definition) is 9. The van der Waals surface area contributed by atoms with Crippen LogP contribution < -0.4 is 21.3 Å². The topological polar surface area (TPSA) is 195 Å². The highest BCUT2D eigenvalue weighted by atomic mass is 16.5. The lowest BCUT2D eigenvalue weighted by atomic mass is 9.94. The van der Waals surface area contributed by atoms with E-state index in [0.717, 1.165) is 0 Å². The molecule has 148 valence electrons. The summed E-state index contributed by atoms with van der Waals surface area (Å²) in [7, 11) is 0. The molecule has 11 heteroatoms. The number of benzene rings is 1. The zero-order valence-corrected chi connectivity index (χ0v) is 14.8. The van der Waals surface area contributed by atoms with Gasteiger partial charge in [-0.2, -0.15) is 0 Å². The van der Waals surface area contributed by atoms with Crippen LogP contribution >= 0.6 is 0 Å². The number of ether oxygens (including phenoxy) is 1. The molecule has 0 aromatic heterocycles. The SMILES string of the molecule is CC#CCOc1c(O)c(O)c(C(=O)NC(C(=O)NO)C(C)(C)N)c(O)c1O. The minimum atomic E-state index is -1.49. The van der Waals surface area contributed by atoms with Crippen molar-refractivity contribution in [3.8, 4) is 40.6 Å². The average molecular weight is 383 g/mol. The molecule has 27 heavy (non-hydrogen) atoms. The van der Waals surface area contributed by atoms with E-state index in [1.807, 2.05) is 0 Å². The van der Waals surface area contributed by atoms with E-state index in [-0.39, 0.29) is 6.61 Å². The predicted molar refractivity (Wildman–Crippen MR) is 91.5 cm³/mol. The summed E-state index contributed by atoms with van der Waals surface area (Å²) < 4.78 is 4.95. The van der Waals surface area contributed by atoms with E-state index in [0.29, 0.717) is 0 Å². The molecular weight excluding hydrogens is 362 g/mol. The van der Waals surface area contributed by atoms with E-state index in [1.165, 1.54) is 26.3 Å². The van der Waals surface area contributed by atoms with Crippen LogP contribution in [0.3, 0.4) is 0 Å². The smallest absolute Gasteiger partial charge is 0.267 e. The zero-order chi connectivity index (χ0) is 20.9. The molecule has 0 aliphatic carbocycles. The van der Waals surface area contributed by atoms with Gasteiger partial charge in [-0.15, -0.1) is 5.92 Å². The fraction of sp³-hybridized carbons (Fsp3) is 0.375. The first-order valence-corrected chi connectivity index (χ1v) is 7.53. The van der Waals surface area contributed by atoms with Crippen molar-refractivity contribution in [3.63, 3.8) is 0 Å². The number of carbonyl (C=O) groups excluding carboxylic acids is 2. The fourth-order valence-corrected chi connectivity index (χ4v) is 2.07. The maximum atomic E-state index is 12.4. The Morgan fingerprint density at radius 3 is 2.07 bits per heavy atom. The molecule has 9 N–H and O–H groups in total. The van der Waals surface area contributed by atoms with Crippen LogP contribution in [0.1, 0.15) is 31.1 Å². The standard InChI is InChI=1S/C16H21N3O8/c1-4-5-6-27-12-10(22)8(20)7(9(21)11(12)23)14(24)18-13(15(25)19-26)16(2,3)17/h13,20-23,26H,6,17H2,1-3H3,(H,18,24)(H,19,25). The van der Waals surface area contributed by atoms with E-state index >= 15 is 0 Å². The Labute approximate surface area is 154 Å². The Hall–Kier alpha value is -3.36. The summed E-state index contributed by atoms with van der Waals surface area (Å²) in [5.41, 5.74) is 4.80. The summed E-state index contributed by atoms with van der Waals surface area (Å²) in [5.74, 6) is -2.33. The first kappa shape index (κ1) is 21.7. The van der Waals surface area contributed by atoms with Gasteiger partial charge in [0.1, 0.15) is 18.2 Å². The number of phenols is 4. The maximum Gasteiger partial charge on any atom is 0.267 e. The summed E-state index contributed by atoms with van der Waals surface area (Å²) in [6.45, 7) is 3.98. The number of hydrogen-bond donors (Lipinski definition) is 8. The Morgan fingerprint density at radius 2 is 1.67 bits per heavy atom. The number of aromatic hydroxyl groups is 4. The Kier molecular flexibility index (Phi) is 6.70. The summed E-state index contributed by atoms with van der Waals surface area (Å²) in [6, 6.07) is -1.49. The normalized spacial score (nSPS) is 11.7. The Morgan fingerprint density at radius 1 is 1.15 bits per heavy atom. The van der Waals surface area contributed by atoms with E-state index in [1.54, 1.807) is 0 Å². The van der Waals surface area contributed by atoms with Gasteiger partial charge < -0.3 is 36.2 Å². The van der Waals surface area contributed by atoms with Crippen LogP contribution in [-0.4, -0.2) is 55.6 Å². The van der Waals surface area contributed by atoms with E-state index < -0.39 is 57.7 Å². The maximum absolute atomic E-state index is 12.4. The monoisotopic (exact) mass is 383 g/mol. The second-order valence-electron chi connectivity index (χ2n) is 6.02. The van der Waals surface area contributed by atoms with Crippen molar-refractivity contribution in [2.24, 2.45) is 5.73 Å². The van der Waals surface area contributed by atoms with Crippen LogP contribution in [0.25, 0.3) is 0 Å². The molecule has 0 spiro atoms. The van der Waals surface area contributed by atoms with Gasteiger partial charge in [-0.1, -0.05) is 5.92 Å². The molecule has 1 aromatic carbocycles. The molecule has 2 amide bonds. The lowest BCUT2D eigenvalue weighted by molar-refractivity contribution is -0.132. The molecule has 0 aliphatic heterocycles. The van der Waals surface area contributed by atoms with Crippen molar-refractivity contribution in [3.05, 3.63) is 5.56 Å². The minimum Gasteiger partial charge on any atom is -0.504 e. The van der Waals surface area contributed by atoms with Crippen LogP contribution in [0.15, 0.2) is 0 Å². The van der Waals surface area contributed by atoms with Crippen molar-refractivity contribution in [2.45, 2.75) is 32.4 Å². The number of amides is 2. The fourth-order valence-electron chi connectivity index (χ4n) is 2.07. The molecule has 11 nitrogen and oxygen atoms in total. The zero-order valence-electron chi connectivity index (χ0n) is 14.8. The predicted octanol–water partition coefficient (Wildman–Crippen LogP) is -0.748. The second-order valence-corrected chi connectivity index (χ2v) is 6.02. The quantitative estimate of drug-likeness (QED) is 0.102. The van der Waals surface area contributed by atoms with Crippen molar-refractivity contribution in [1.82, 2.24) is 10.8 Å². The molecule has 0 bridgehead atoms. The molecule has 0 aliphatic rings. The third-order valence-corrected chi connectivity index (χ3v) is 3.44. The van der Waals surface area contributed by atoms with Gasteiger partial charge in [0.25, 0.3) is 11.8 Å². The number of carbonyl (C=O) groups is 2. The van der Waals surface area contributed by atoms with Crippen molar-refractivity contribution >= 4 is 11.8 Å². The molecule has 1 rings (SSSR count). The highest BCUT2D eigenvalue weighted by Gasteiger charge is 2.36. The summed E-state index contributed by atoms with van der Waals surface area (Å²) in [6.07, 6.45) is 0. The first-order chi connectivity index (χ1) is 12.5. The van der Waals surface area contributed by atoms with E-state index in [9.17, 15) is 30.0 Å². The van der Waals surface area contributed by atoms with Gasteiger partial charge in [0.15, 0.2) is 11.5 Å². The summed E-state index contributed by atoms with van der Waals surface area (Å²) in [4.78, 5) is 24.1. The van der Waals surface area contributed by atoms with Gasteiger partial charge in [-0.3, -0.25) is 14.8 Å². The lowest BCUT2D eigenvalue weighted by Crippen LogP contribution is -2.61. The van der Waals surface area contributed by atoms with E-state index in [4.69, 9.17) is 15.7 Å². The molecule has 0 saturated carbocycles. The Balaban J connectivity index is 3.35. The van der Waals surface area contributed by atoms with Gasteiger partial charge in [-0.05, 0) is 20.8 Å². The van der Waals surface area contributed by atoms with Crippen LogP contribution in [0.5, 0.6) is 28.7 Å². The van der Waals surface area contributed by atoms with Crippen molar-refractivity contribution in [1.29, 1.82) is 0 Å². The van der Waals surface area contributed by atoms with Crippen LogP contribution in [0.4, 0.5) is 0 Å². The molecule has 0 heterocycles. The molecule has 1 atom stereocenters. The summed E-state index contributed by atoms with van der Waals surface area (Å²) >= 11 is 0. The van der Waals surface area contributed by atoms with Gasteiger partial charge in [-0.25, -0.2) is 5.48 Å². The summed E-state index contributed by atoms with van der Waals surface area (Å²) in [5, 5.41) is 50.9. The van der Waals surface area contributed by atoms with E-state index in [2.05, 4.69) is 17.2 Å². The molecule has 0 fully saturated rings. The largest absolute Gasteiger partial charge is 0.504 e. The van der Waals surface area contributed by atoms with Gasteiger partial charge in [0.2, 0.25) is 17.2 Å². The number of phenolic OH excluding ortho intramolecular Hbond substituents is 4. The number of rotatable bonds is 6. The van der Waals surface area contributed by atoms with Crippen molar-refractivity contribution < 1.29 is 40.0 Å². The molecule has 0 saturated heterocycles. The van der Waals surface area contributed by atoms with Crippen LogP contribution in [-0.2, 0) is 4.79 Å². The molecular formula is C16H21N3O8. The number of nitrogens with one attached hydrogen (secondary N) is 2. The second kappa shape index (κ2) is 8.35. The third-order valence-electron chi connectivity index (χ3n) is 3.44. The van der Waals surface area contributed by atoms with Crippen molar-refractivity contribution in [2.75, 3.05) is 6.61 Å². The third kappa shape index (κ3) is 4.63.